The van der Waals surface area contributed by atoms with Gasteiger partial charge in [0.25, 0.3) is 0 Å². The third kappa shape index (κ3) is 6.58. The van der Waals surface area contributed by atoms with Gasteiger partial charge in [0.05, 0.1) is 18.0 Å². The van der Waals surface area contributed by atoms with Crippen molar-refractivity contribution in [3.8, 4) is 5.75 Å². The van der Waals surface area contributed by atoms with Gasteiger partial charge >= 0.3 is 0 Å². The third-order valence-corrected chi connectivity index (χ3v) is 6.54. The van der Waals surface area contributed by atoms with Crippen molar-refractivity contribution in [2.24, 2.45) is 0 Å². The molecule has 0 saturated heterocycles. The number of sulfonamides is 1. The topological polar surface area (TPSA) is 84.5 Å². The van der Waals surface area contributed by atoms with E-state index in [2.05, 4.69) is 10.0 Å². The molecule has 2 N–H and O–H groups in total. The van der Waals surface area contributed by atoms with E-state index >= 15 is 0 Å². The normalized spacial score (nSPS) is 15.0. The number of carbonyl (C=O) groups is 1. The van der Waals surface area contributed by atoms with Gasteiger partial charge in [-0.15, -0.1) is 0 Å². The SMILES string of the molecule is O=C(CNS(=O)(=O)c1ccc(C2CCCCC2)cc1)NCCOc1ccccc1. The summed E-state index contributed by atoms with van der Waals surface area (Å²) in [7, 11) is -3.72. The Morgan fingerprint density at radius 1 is 0.966 bits per heavy atom. The summed E-state index contributed by atoms with van der Waals surface area (Å²) in [5, 5.41) is 2.64. The second kappa shape index (κ2) is 10.4. The zero-order valence-electron chi connectivity index (χ0n) is 16.5. The summed E-state index contributed by atoms with van der Waals surface area (Å²) in [4.78, 5) is 12.1. The number of nitrogens with one attached hydrogen (secondary N) is 2. The summed E-state index contributed by atoms with van der Waals surface area (Å²) < 4.78 is 32.7. The Labute approximate surface area is 172 Å². The largest absolute Gasteiger partial charge is 0.492 e. The maximum Gasteiger partial charge on any atom is 0.241 e. The fraction of sp³-hybridized carbons (Fsp3) is 0.409. The Kier molecular flexibility index (Phi) is 7.66. The van der Waals surface area contributed by atoms with Crippen molar-refractivity contribution in [2.75, 3.05) is 19.7 Å². The number of carbonyl (C=O) groups excluding carboxylic acids is 1. The molecule has 156 valence electrons. The van der Waals surface area contributed by atoms with Gasteiger partial charge in [-0.25, -0.2) is 13.1 Å². The molecule has 1 aliphatic rings. The van der Waals surface area contributed by atoms with Crippen molar-refractivity contribution in [3.63, 3.8) is 0 Å². The predicted octanol–water partition coefficient (Wildman–Crippen LogP) is 3.21. The molecule has 1 fully saturated rings. The minimum atomic E-state index is -3.72. The van der Waals surface area contributed by atoms with Crippen LogP contribution in [-0.2, 0) is 14.8 Å². The molecule has 1 amide bonds. The molecule has 2 aromatic carbocycles. The van der Waals surface area contributed by atoms with Crippen LogP contribution in [0.5, 0.6) is 5.75 Å². The Morgan fingerprint density at radius 2 is 1.66 bits per heavy atom. The Morgan fingerprint density at radius 3 is 2.34 bits per heavy atom. The molecule has 0 radical (unpaired) electrons. The van der Waals surface area contributed by atoms with E-state index < -0.39 is 15.9 Å². The molecule has 3 rings (SSSR count). The van der Waals surface area contributed by atoms with Crippen molar-refractivity contribution in [3.05, 3.63) is 60.2 Å². The first kappa shape index (κ1) is 21.3. The van der Waals surface area contributed by atoms with Crippen LogP contribution < -0.4 is 14.8 Å². The fourth-order valence-electron chi connectivity index (χ4n) is 3.54. The van der Waals surface area contributed by atoms with Crippen LogP contribution in [0.1, 0.15) is 43.6 Å². The Balaban J connectivity index is 1.42. The highest BCUT2D eigenvalue weighted by Gasteiger charge is 2.18. The first-order valence-corrected chi connectivity index (χ1v) is 11.6. The van der Waals surface area contributed by atoms with Crippen molar-refractivity contribution in [1.82, 2.24) is 10.0 Å². The molecule has 0 atom stereocenters. The summed E-state index contributed by atoms with van der Waals surface area (Å²) >= 11 is 0. The first-order chi connectivity index (χ1) is 14.0. The molecule has 2 aromatic rings. The lowest BCUT2D eigenvalue weighted by Crippen LogP contribution is -2.38. The number of amides is 1. The van der Waals surface area contributed by atoms with Crippen LogP contribution in [0.25, 0.3) is 0 Å². The molecule has 1 saturated carbocycles. The molecule has 29 heavy (non-hydrogen) atoms. The predicted molar refractivity (Wildman–Crippen MR) is 112 cm³/mol. The van der Waals surface area contributed by atoms with Gasteiger partial charge in [-0.2, -0.15) is 0 Å². The van der Waals surface area contributed by atoms with Crippen LogP contribution in [-0.4, -0.2) is 34.0 Å². The highest BCUT2D eigenvalue weighted by Crippen LogP contribution is 2.32. The zero-order valence-corrected chi connectivity index (χ0v) is 17.3. The van der Waals surface area contributed by atoms with Crippen LogP contribution in [0.4, 0.5) is 0 Å². The Bertz CT molecular complexity index is 877. The zero-order chi connectivity index (χ0) is 20.5. The van der Waals surface area contributed by atoms with E-state index in [-0.39, 0.29) is 11.4 Å². The molecule has 0 spiro atoms. The van der Waals surface area contributed by atoms with Crippen molar-refractivity contribution >= 4 is 15.9 Å². The minimum absolute atomic E-state index is 0.178. The van der Waals surface area contributed by atoms with Crippen molar-refractivity contribution < 1.29 is 17.9 Å². The molecule has 0 heterocycles. The van der Waals surface area contributed by atoms with Crippen LogP contribution in [0.15, 0.2) is 59.5 Å². The summed E-state index contributed by atoms with van der Waals surface area (Å²) in [6.45, 7) is 0.300. The molecule has 1 aliphatic carbocycles. The van der Waals surface area contributed by atoms with Crippen LogP contribution in [0.2, 0.25) is 0 Å². The van der Waals surface area contributed by atoms with Gasteiger partial charge in [0.1, 0.15) is 12.4 Å². The number of ether oxygens (including phenoxy) is 1. The van der Waals surface area contributed by atoms with Gasteiger partial charge in [-0.1, -0.05) is 49.6 Å². The minimum Gasteiger partial charge on any atom is -0.492 e. The average Bonchev–Trinajstić information content (AvgIpc) is 2.77. The van der Waals surface area contributed by atoms with Crippen molar-refractivity contribution in [2.45, 2.75) is 42.9 Å². The van der Waals surface area contributed by atoms with Gasteiger partial charge in [0.15, 0.2) is 0 Å². The average molecular weight is 417 g/mol. The van der Waals surface area contributed by atoms with Crippen molar-refractivity contribution in [1.29, 1.82) is 0 Å². The number of hydrogen-bond donors (Lipinski definition) is 2. The quantitative estimate of drug-likeness (QED) is 0.615. The lowest BCUT2D eigenvalue weighted by molar-refractivity contribution is -0.120. The van der Waals surface area contributed by atoms with E-state index in [1.165, 1.54) is 37.7 Å². The smallest absolute Gasteiger partial charge is 0.241 e. The van der Waals surface area contributed by atoms with Gasteiger partial charge in [-0.05, 0) is 48.6 Å². The molecular formula is C22H28N2O4S. The summed E-state index contributed by atoms with van der Waals surface area (Å²) in [5.41, 5.74) is 1.19. The molecular weight excluding hydrogens is 388 g/mol. The van der Waals surface area contributed by atoms with E-state index in [0.29, 0.717) is 19.1 Å². The Hall–Kier alpha value is -2.38. The van der Waals surface area contributed by atoms with E-state index in [0.717, 1.165) is 5.75 Å². The van der Waals surface area contributed by atoms with E-state index in [1.807, 2.05) is 42.5 Å². The number of rotatable bonds is 9. The van der Waals surface area contributed by atoms with Gasteiger partial charge in [-0.3, -0.25) is 4.79 Å². The molecule has 0 aliphatic heterocycles. The van der Waals surface area contributed by atoms with E-state index in [9.17, 15) is 13.2 Å². The monoisotopic (exact) mass is 416 g/mol. The number of benzene rings is 2. The molecule has 6 nitrogen and oxygen atoms in total. The van der Waals surface area contributed by atoms with E-state index in [4.69, 9.17) is 4.74 Å². The molecule has 0 aromatic heterocycles. The second-order valence-electron chi connectivity index (χ2n) is 7.24. The van der Waals surface area contributed by atoms with E-state index in [1.54, 1.807) is 12.1 Å². The number of para-hydroxylation sites is 1. The second-order valence-corrected chi connectivity index (χ2v) is 9.01. The summed E-state index contributed by atoms with van der Waals surface area (Å²) in [6.07, 6.45) is 6.08. The summed E-state index contributed by atoms with van der Waals surface area (Å²) in [5.74, 6) is 0.848. The summed E-state index contributed by atoms with van der Waals surface area (Å²) in [6, 6.07) is 16.3. The maximum atomic E-state index is 12.4. The molecule has 7 heteroatoms. The molecule has 0 bridgehead atoms. The highest BCUT2D eigenvalue weighted by molar-refractivity contribution is 7.89. The lowest BCUT2D eigenvalue weighted by Gasteiger charge is -2.22. The fourth-order valence-corrected chi connectivity index (χ4v) is 4.52. The van der Waals surface area contributed by atoms with Gasteiger partial charge in [0, 0.05) is 0 Å². The standard InChI is InChI=1S/C22H28N2O4S/c25-22(23-15-16-28-20-9-5-2-6-10-20)17-24-29(26,27)21-13-11-19(12-14-21)18-7-3-1-4-8-18/h2,5-6,9-14,18,24H,1,3-4,7-8,15-17H2,(H,23,25). The van der Waals surface area contributed by atoms with Gasteiger partial charge < -0.3 is 10.1 Å². The van der Waals surface area contributed by atoms with Gasteiger partial charge in [0.2, 0.25) is 15.9 Å². The molecule has 0 unspecified atom stereocenters. The lowest BCUT2D eigenvalue weighted by atomic mass is 9.84. The van der Waals surface area contributed by atoms with Crippen LogP contribution in [0, 0.1) is 0 Å². The highest BCUT2D eigenvalue weighted by atomic mass is 32.2. The number of hydrogen-bond acceptors (Lipinski definition) is 4. The maximum absolute atomic E-state index is 12.4. The first-order valence-electron chi connectivity index (χ1n) is 10.1. The third-order valence-electron chi connectivity index (χ3n) is 5.13. The van der Waals surface area contributed by atoms with Crippen LogP contribution >= 0.6 is 0 Å². The van der Waals surface area contributed by atoms with Crippen LogP contribution in [0.3, 0.4) is 0 Å².